The summed E-state index contributed by atoms with van der Waals surface area (Å²) in [6.07, 6.45) is 0. The molecule has 2 aliphatic heterocycles. The number of hydrogen-bond donors (Lipinski definition) is 0. The number of fused-ring (bicyclic) bond motifs is 12. The monoisotopic (exact) mass is 587 g/mol. The zero-order valence-corrected chi connectivity index (χ0v) is 24.5. The molecule has 0 bridgehead atoms. The zero-order chi connectivity index (χ0) is 28.3. The van der Waals surface area contributed by atoms with Crippen molar-refractivity contribution in [2.75, 3.05) is 0 Å². The second-order valence-corrected chi connectivity index (χ2v) is 15.4. The molecule has 0 saturated heterocycles. The molecule has 0 fully saturated rings. The first-order chi connectivity index (χ1) is 21.2. The van der Waals surface area contributed by atoms with E-state index in [0.29, 0.717) is 0 Å². The topological polar surface area (TPSA) is 23.4 Å². The average Bonchev–Trinajstić information content (AvgIpc) is 3.39. The van der Waals surface area contributed by atoms with E-state index in [4.69, 9.17) is 21.3 Å². The number of ether oxygens (including phenoxy) is 2. The molecule has 1 atom stereocenters. The van der Waals surface area contributed by atoms with Crippen molar-refractivity contribution < 1.29 is 9.47 Å². The van der Waals surface area contributed by atoms with Crippen molar-refractivity contribution in [3.8, 4) is 28.7 Å². The van der Waals surface area contributed by atoms with Crippen LogP contribution in [-0.2, 0) is 11.8 Å². The normalized spacial score (nSPS) is 16.5. The molecular weight excluding hydrogens is 565 g/mol. The summed E-state index contributed by atoms with van der Waals surface area (Å²) in [6, 6.07) is 44.3. The quantitative estimate of drug-likeness (QED) is 0.141. The molecular formula is C38H22NO2PS. The molecule has 10 rings (SSSR count). The molecule has 43 heavy (non-hydrogen) atoms. The molecule has 1 aromatic heterocycles. The number of nitrogens with zero attached hydrogens (tertiary/aromatic N) is 1. The van der Waals surface area contributed by atoms with Gasteiger partial charge in [0.2, 0.25) is 0 Å². The van der Waals surface area contributed by atoms with Crippen molar-refractivity contribution in [1.82, 2.24) is 4.57 Å². The predicted octanol–water partition coefficient (Wildman–Crippen LogP) is 9.06. The summed E-state index contributed by atoms with van der Waals surface area (Å²) in [5.74, 6) is 3.25. The van der Waals surface area contributed by atoms with Crippen LogP contribution in [0.4, 0.5) is 0 Å². The van der Waals surface area contributed by atoms with Crippen LogP contribution in [0, 0.1) is 0 Å². The Labute approximate surface area is 252 Å². The van der Waals surface area contributed by atoms with Crippen molar-refractivity contribution in [3.05, 3.63) is 133 Å². The van der Waals surface area contributed by atoms with Crippen LogP contribution >= 0.6 is 6.04 Å². The van der Waals surface area contributed by atoms with E-state index in [-0.39, 0.29) is 0 Å². The number of para-hydroxylation sites is 3. The molecule has 3 heterocycles. The Kier molecular flexibility index (Phi) is 4.59. The van der Waals surface area contributed by atoms with E-state index < -0.39 is 6.04 Å². The first-order valence-electron chi connectivity index (χ1n) is 14.4. The first-order valence-corrected chi connectivity index (χ1v) is 17.2. The fraction of sp³-hybridized carbons (Fsp3) is 0. The highest BCUT2D eigenvalue weighted by atomic mass is 32.4. The summed E-state index contributed by atoms with van der Waals surface area (Å²) >= 11 is 6.99. The lowest BCUT2D eigenvalue weighted by atomic mass is 10.0. The smallest absolute Gasteiger partial charge is 0.145 e. The lowest BCUT2D eigenvalue weighted by molar-refractivity contribution is 0.469. The van der Waals surface area contributed by atoms with Gasteiger partial charge in [-0.3, -0.25) is 0 Å². The second-order valence-electron chi connectivity index (χ2n) is 11.2. The molecule has 1 unspecified atom stereocenters. The van der Waals surface area contributed by atoms with E-state index in [1.807, 2.05) is 6.07 Å². The third-order valence-electron chi connectivity index (χ3n) is 8.99. The zero-order valence-electron chi connectivity index (χ0n) is 22.8. The lowest BCUT2D eigenvalue weighted by Crippen LogP contribution is -2.35. The standard InChI is InChI=1S/C38H22NO2PS/c43-42-35-20-10-9-19-32(35)40-33-21-23(39-30-17-7-5-13-26(30)27-14-6-8-18-31(27)39)22-34(38(33)42)41-36-28-15-3-1-11-24(28)25-12-2-4-16-29(25)37(36)42/h1-22H. The largest absolute Gasteiger partial charge is 0.456 e. The Bertz CT molecular complexity index is 2510. The molecule has 0 aliphatic carbocycles. The summed E-state index contributed by atoms with van der Waals surface area (Å²) in [4.78, 5) is 0. The molecule has 202 valence electrons. The Balaban J connectivity index is 1.36. The summed E-state index contributed by atoms with van der Waals surface area (Å²) in [6.45, 7) is 0. The van der Waals surface area contributed by atoms with Gasteiger partial charge < -0.3 is 14.0 Å². The Hall–Kier alpha value is -4.89. The molecule has 3 nitrogen and oxygen atoms in total. The fourth-order valence-corrected chi connectivity index (χ4v) is 12.1. The summed E-state index contributed by atoms with van der Waals surface area (Å²) in [5.41, 5.74) is 3.26. The minimum atomic E-state index is -2.58. The molecule has 5 heteroatoms. The van der Waals surface area contributed by atoms with Gasteiger partial charge in [0.1, 0.15) is 23.0 Å². The first kappa shape index (κ1) is 23.6. The third kappa shape index (κ3) is 2.97. The maximum Gasteiger partial charge on any atom is 0.145 e. The summed E-state index contributed by atoms with van der Waals surface area (Å²) < 4.78 is 16.1. The number of hydrogen-bond acceptors (Lipinski definition) is 3. The van der Waals surface area contributed by atoms with E-state index in [2.05, 4.69) is 132 Å². The Morgan fingerprint density at radius 2 is 0.977 bits per heavy atom. The minimum Gasteiger partial charge on any atom is -0.456 e. The van der Waals surface area contributed by atoms with Gasteiger partial charge in [-0.1, -0.05) is 109 Å². The highest BCUT2D eigenvalue weighted by Crippen LogP contribution is 2.61. The van der Waals surface area contributed by atoms with Gasteiger partial charge in [0.25, 0.3) is 0 Å². The van der Waals surface area contributed by atoms with Gasteiger partial charge in [0.15, 0.2) is 0 Å². The van der Waals surface area contributed by atoms with E-state index in [1.165, 1.54) is 21.5 Å². The number of aromatic nitrogens is 1. The Morgan fingerprint density at radius 1 is 0.465 bits per heavy atom. The SMILES string of the molecule is S=P12c3ccccc3Oc3cc(-n4c5ccccc5c5ccccc54)cc(c31)Oc1c2c2ccccc2c2ccccc12. The lowest BCUT2D eigenvalue weighted by Gasteiger charge is -2.38. The molecule has 0 saturated carbocycles. The van der Waals surface area contributed by atoms with Crippen molar-refractivity contribution >= 4 is 77.1 Å². The van der Waals surface area contributed by atoms with Crippen LogP contribution in [0.25, 0.3) is 49.0 Å². The predicted molar refractivity (Wildman–Crippen MR) is 182 cm³/mol. The fourth-order valence-electron chi connectivity index (χ4n) is 7.26. The van der Waals surface area contributed by atoms with Gasteiger partial charge in [-0.25, -0.2) is 0 Å². The number of benzene rings is 7. The van der Waals surface area contributed by atoms with Crippen LogP contribution < -0.4 is 25.4 Å². The number of rotatable bonds is 1. The van der Waals surface area contributed by atoms with E-state index in [1.54, 1.807) is 0 Å². The van der Waals surface area contributed by atoms with Gasteiger partial charge >= 0.3 is 0 Å². The summed E-state index contributed by atoms with van der Waals surface area (Å²) in [7, 11) is 0. The molecule has 0 radical (unpaired) electrons. The molecule has 0 spiro atoms. The van der Waals surface area contributed by atoms with Crippen molar-refractivity contribution in [2.24, 2.45) is 0 Å². The van der Waals surface area contributed by atoms with Crippen LogP contribution in [0.5, 0.6) is 23.0 Å². The van der Waals surface area contributed by atoms with Crippen LogP contribution in [0.1, 0.15) is 0 Å². The molecule has 8 aromatic rings. The van der Waals surface area contributed by atoms with Gasteiger partial charge in [0, 0.05) is 38.9 Å². The maximum atomic E-state index is 7.06. The highest BCUT2D eigenvalue weighted by molar-refractivity contribution is 8.26. The maximum absolute atomic E-state index is 7.06. The molecule has 7 aromatic carbocycles. The molecule has 2 aliphatic rings. The minimum absolute atomic E-state index is 0.777. The van der Waals surface area contributed by atoms with Gasteiger partial charge in [0.05, 0.1) is 28.1 Å². The van der Waals surface area contributed by atoms with Crippen molar-refractivity contribution in [2.45, 2.75) is 0 Å². The van der Waals surface area contributed by atoms with Gasteiger partial charge in [-0.2, -0.15) is 0 Å². The molecule has 0 amide bonds. The van der Waals surface area contributed by atoms with Crippen LogP contribution in [0.15, 0.2) is 133 Å². The van der Waals surface area contributed by atoms with Crippen LogP contribution in [0.2, 0.25) is 0 Å². The third-order valence-corrected chi connectivity index (χ3v) is 13.9. The van der Waals surface area contributed by atoms with Crippen molar-refractivity contribution in [1.29, 1.82) is 0 Å². The average molecular weight is 588 g/mol. The van der Waals surface area contributed by atoms with E-state index in [0.717, 1.165) is 66.4 Å². The van der Waals surface area contributed by atoms with Crippen LogP contribution in [-0.4, -0.2) is 4.57 Å². The second kappa shape index (κ2) is 8.35. The van der Waals surface area contributed by atoms with E-state index in [9.17, 15) is 0 Å². The Morgan fingerprint density at radius 3 is 1.67 bits per heavy atom. The highest BCUT2D eigenvalue weighted by Gasteiger charge is 2.44. The van der Waals surface area contributed by atoms with Gasteiger partial charge in [-0.05, 0) is 40.4 Å². The van der Waals surface area contributed by atoms with Gasteiger partial charge in [-0.15, -0.1) is 0 Å². The van der Waals surface area contributed by atoms with Crippen LogP contribution in [0.3, 0.4) is 0 Å². The molecule has 0 N–H and O–H groups in total. The summed E-state index contributed by atoms with van der Waals surface area (Å²) in [5, 5.41) is 10.2. The van der Waals surface area contributed by atoms with E-state index >= 15 is 0 Å². The van der Waals surface area contributed by atoms with Crippen molar-refractivity contribution in [3.63, 3.8) is 0 Å².